The summed E-state index contributed by atoms with van der Waals surface area (Å²) < 4.78 is 0. The van der Waals surface area contributed by atoms with Crippen molar-refractivity contribution >= 4 is 49.7 Å². The molecule has 0 radical (unpaired) electrons. The van der Waals surface area contributed by atoms with Crippen molar-refractivity contribution < 1.29 is 21.2 Å². The molecule has 0 aliphatic carbocycles. The van der Waals surface area contributed by atoms with Crippen LogP contribution >= 0.6 is 0 Å². The molecule has 4 nitrogen and oxygen atoms in total. The van der Waals surface area contributed by atoms with Gasteiger partial charge >= 0.3 is 51.1 Å². The molecule has 0 spiro atoms. The molecule has 0 aromatic heterocycles. The van der Waals surface area contributed by atoms with E-state index in [1.54, 1.807) is 0 Å². The Morgan fingerprint density at radius 1 is 1.11 bits per heavy atom. The molecule has 0 aromatic carbocycles. The van der Waals surface area contributed by atoms with E-state index in [2.05, 4.69) is 0 Å². The van der Waals surface area contributed by atoms with Crippen molar-refractivity contribution in [2.24, 2.45) is 0 Å². The van der Waals surface area contributed by atoms with Crippen LogP contribution < -0.4 is 0 Å². The first-order chi connectivity index (χ1) is 3.63. The van der Waals surface area contributed by atoms with E-state index in [1.807, 2.05) is 0 Å². The summed E-state index contributed by atoms with van der Waals surface area (Å²) in [5.74, 6) is -2.51. The minimum atomic E-state index is -1.26. The Bertz CT molecular complexity index is 128. The smallest absolute Gasteiger partial charge is 0.478 e. The van der Waals surface area contributed by atoms with Gasteiger partial charge in [0.2, 0.25) is 0 Å². The van der Waals surface area contributed by atoms with Gasteiger partial charge in [0.1, 0.15) is 0 Å². The molecule has 5 heteroatoms. The topological polar surface area (TPSA) is 74.6 Å². The van der Waals surface area contributed by atoms with Crippen LogP contribution in [0.2, 0.25) is 0 Å². The van der Waals surface area contributed by atoms with Crippen LogP contribution in [0.25, 0.3) is 0 Å². The number of rotatable bonds is 2. The number of carbonyl (C=O) groups is 2. The molecule has 0 rings (SSSR count). The number of aliphatic carboxylic acids is 2. The van der Waals surface area contributed by atoms with E-state index in [4.69, 9.17) is 10.2 Å². The second-order valence-corrected chi connectivity index (χ2v) is 1.01. The summed E-state index contributed by atoms with van der Waals surface area (Å²) in [5, 5.41) is 15.6. The Kier molecular flexibility index (Phi) is 7.89. The van der Waals surface area contributed by atoms with Crippen LogP contribution in [0.3, 0.4) is 0 Å². The van der Waals surface area contributed by atoms with Crippen LogP contribution in [-0.2, 0) is 9.59 Å². The molecular weight excluding hydrogens is 152 g/mol. The second kappa shape index (κ2) is 6.07. The number of carboxylic acids is 2. The van der Waals surface area contributed by atoms with Gasteiger partial charge in [-0.1, -0.05) is 0 Å². The zero-order chi connectivity index (χ0) is 6.57. The molecule has 9 heavy (non-hydrogen) atoms. The van der Waals surface area contributed by atoms with Gasteiger partial charge in [0.15, 0.2) is 0 Å². The van der Waals surface area contributed by atoms with Gasteiger partial charge in [0.25, 0.3) is 0 Å². The minimum absolute atomic E-state index is 0. The third-order valence-electron chi connectivity index (χ3n) is 0.368. The first-order valence-electron chi connectivity index (χ1n) is 1.77. The average molecular weight is 157 g/mol. The van der Waals surface area contributed by atoms with E-state index >= 15 is 0 Å². The average Bonchev–Trinajstić information content (AvgIpc) is 1.61. The van der Waals surface area contributed by atoms with E-state index in [9.17, 15) is 9.59 Å². The van der Waals surface area contributed by atoms with E-state index < -0.39 is 11.9 Å². The third kappa shape index (κ3) is 11.5. The second-order valence-electron chi connectivity index (χ2n) is 1.01. The Labute approximate surface area is 82.7 Å². The fraction of sp³-hybridized carbons (Fsp3) is 0. The number of carboxylic acid groups (broad SMARTS) is 2. The minimum Gasteiger partial charge on any atom is -0.478 e. The van der Waals surface area contributed by atoms with Gasteiger partial charge in [-0.15, -0.1) is 0 Å². The molecule has 0 amide bonds. The predicted molar refractivity (Wildman–Crippen MR) is 31.3 cm³/mol. The van der Waals surface area contributed by atoms with Crippen molar-refractivity contribution in [2.45, 2.75) is 0 Å². The Morgan fingerprint density at radius 2 is 1.33 bits per heavy atom. The Hall–Kier alpha value is -0.0603. The van der Waals surface area contributed by atoms with E-state index in [-0.39, 0.29) is 39.2 Å². The summed E-state index contributed by atoms with van der Waals surface area (Å²) in [6.07, 6.45) is 1.12. The molecular formula is C4H5CaO4+3. The molecule has 0 saturated carbocycles. The van der Waals surface area contributed by atoms with Gasteiger partial charge in [-0.2, -0.15) is 0 Å². The molecule has 0 aliphatic heterocycles. The fourth-order valence-electron chi connectivity index (χ4n) is 0.143. The van der Waals surface area contributed by atoms with Crippen LogP contribution in [-0.4, -0.2) is 59.9 Å². The fourth-order valence-corrected chi connectivity index (χ4v) is 0.143. The summed E-state index contributed by atoms with van der Waals surface area (Å²) in [6.45, 7) is 0. The van der Waals surface area contributed by atoms with Crippen LogP contribution in [0.1, 0.15) is 1.43 Å². The quantitative estimate of drug-likeness (QED) is 0.416. The molecule has 44 valence electrons. The molecule has 0 atom stereocenters. The third-order valence-corrected chi connectivity index (χ3v) is 0.368. The molecule has 0 heterocycles. The van der Waals surface area contributed by atoms with Crippen LogP contribution in [0.5, 0.6) is 0 Å². The standard InChI is InChI=1S/C4H4O4.Ca/c5-3(6)1-2-4(7)8;/h1-2H,(H,5,6)(H,7,8);/q;+2/p+1/b2-1-;. The normalized spacial score (nSPS) is 8.44. The van der Waals surface area contributed by atoms with Crippen molar-refractivity contribution in [1.29, 1.82) is 0 Å². The Morgan fingerprint density at radius 3 is 1.44 bits per heavy atom. The maximum absolute atomic E-state index is 9.55. The molecule has 2 N–H and O–H groups in total. The number of hydrogen-bond acceptors (Lipinski definition) is 2. The van der Waals surface area contributed by atoms with Crippen molar-refractivity contribution in [3.05, 3.63) is 12.2 Å². The summed E-state index contributed by atoms with van der Waals surface area (Å²) >= 11 is 0. The SMILES string of the molecule is O=C(O)/C=C\C(=O)O.[Ca+2].[H+]. The monoisotopic (exact) mass is 157 g/mol. The number of hydrogen-bond donors (Lipinski definition) is 2. The summed E-state index contributed by atoms with van der Waals surface area (Å²) in [4.78, 5) is 19.1. The summed E-state index contributed by atoms with van der Waals surface area (Å²) in [7, 11) is 0. The zero-order valence-electron chi connectivity index (χ0n) is 5.57. The predicted octanol–water partition coefficient (Wildman–Crippen LogP) is -0.556. The summed E-state index contributed by atoms with van der Waals surface area (Å²) in [5.41, 5.74) is 0. The van der Waals surface area contributed by atoms with Gasteiger partial charge in [-0.05, 0) is 0 Å². The maximum Gasteiger partial charge on any atom is 2.00 e. The molecule has 0 unspecified atom stereocenters. The van der Waals surface area contributed by atoms with Gasteiger partial charge in [-0.25, -0.2) is 9.59 Å². The van der Waals surface area contributed by atoms with E-state index in [0.29, 0.717) is 12.2 Å². The first-order valence-corrected chi connectivity index (χ1v) is 1.77. The van der Waals surface area contributed by atoms with Crippen molar-refractivity contribution in [3.8, 4) is 0 Å². The first kappa shape index (κ1) is 11.7. The zero-order valence-corrected chi connectivity index (χ0v) is 6.78. The van der Waals surface area contributed by atoms with Crippen molar-refractivity contribution in [2.75, 3.05) is 0 Å². The molecule has 0 bridgehead atoms. The van der Waals surface area contributed by atoms with Crippen LogP contribution in [0, 0.1) is 0 Å². The van der Waals surface area contributed by atoms with E-state index in [1.165, 1.54) is 0 Å². The Balaban J connectivity index is -0.000000245. The van der Waals surface area contributed by atoms with Gasteiger partial charge in [0.05, 0.1) is 0 Å². The molecule has 0 aromatic rings. The van der Waals surface area contributed by atoms with Crippen LogP contribution in [0.15, 0.2) is 12.2 Å². The largest absolute Gasteiger partial charge is 2.00 e. The summed E-state index contributed by atoms with van der Waals surface area (Å²) in [6, 6.07) is 0. The van der Waals surface area contributed by atoms with E-state index in [0.717, 1.165) is 0 Å². The van der Waals surface area contributed by atoms with Crippen molar-refractivity contribution in [3.63, 3.8) is 0 Å². The van der Waals surface area contributed by atoms with Gasteiger partial charge in [0, 0.05) is 12.2 Å². The van der Waals surface area contributed by atoms with Gasteiger partial charge in [-0.3, -0.25) is 0 Å². The molecule has 0 aliphatic rings. The molecule has 0 saturated heterocycles. The molecule has 0 fully saturated rings. The van der Waals surface area contributed by atoms with Crippen LogP contribution in [0.4, 0.5) is 0 Å². The van der Waals surface area contributed by atoms with Gasteiger partial charge < -0.3 is 10.2 Å². The van der Waals surface area contributed by atoms with Crippen molar-refractivity contribution in [1.82, 2.24) is 0 Å². The maximum atomic E-state index is 9.55.